The molecule has 0 saturated heterocycles. The summed E-state index contributed by atoms with van der Waals surface area (Å²) in [6.45, 7) is 4.64. The first kappa shape index (κ1) is 24.6. The number of aliphatic carboxylic acids is 1. The van der Waals surface area contributed by atoms with E-state index in [1.54, 1.807) is 42.5 Å². The predicted octanol–water partition coefficient (Wildman–Crippen LogP) is 2.36. The van der Waals surface area contributed by atoms with Crippen molar-refractivity contribution >= 4 is 28.1 Å². The highest BCUT2D eigenvalue weighted by atomic mass is 32.2. The van der Waals surface area contributed by atoms with Gasteiger partial charge in [-0.05, 0) is 18.6 Å². The van der Waals surface area contributed by atoms with Crippen LogP contribution in [0.15, 0.2) is 73.4 Å². The van der Waals surface area contributed by atoms with E-state index in [0.717, 1.165) is 24.3 Å². The fraction of sp³-hybridized carbons (Fsp3) is 0.190. The van der Waals surface area contributed by atoms with Gasteiger partial charge in [-0.25, -0.2) is 4.79 Å². The third-order valence-electron chi connectivity index (χ3n) is 4.30. The second-order valence-corrected chi connectivity index (χ2v) is 8.02. The Bertz CT molecular complexity index is 1020. The Labute approximate surface area is 175 Å². The first-order chi connectivity index (χ1) is 14.0. The van der Waals surface area contributed by atoms with Crippen LogP contribution in [0.1, 0.15) is 12.5 Å². The number of carbonyl (C=O) groups excluding carboxylic acids is 1. The number of amides is 1. The first-order valence-corrected chi connectivity index (χ1v) is 10.2. The highest BCUT2D eigenvalue weighted by molar-refractivity contribution is 7.85. The van der Waals surface area contributed by atoms with Gasteiger partial charge < -0.3 is 10.4 Å². The maximum atomic E-state index is 12.1. The second kappa shape index (κ2) is 10.3. The van der Waals surface area contributed by atoms with Crippen molar-refractivity contribution < 1.29 is 27.7 Å². The fourth-order valence-electron chi connectivity index (χ4n) is 2.86. The molecule has 1 amide bonds. The van der Waals surface area contributed by atoms with Crippen LogP contribution in [0.5, 0.6) is 0 Å². The van der Waals surface area contributed by atoms with Gasteiger partial charge in [0.05, 0.1) is 22.8 Å². The van der Waals surface area contributed by atoms with Gasteiger partial charge in [0.15, 0.2) is 0 Å². The van der Waals surface area contributed by atoms with Crippen molar-refractivity contribution in [1.29, 1.82) is 5.26 Å². The molecular formula is C21H22N2O6S. The Morgan fingerprint density at radius 1 is 1.23 bits per heavy atom. The van der Waals surface area contributed by atoms with Gasteiger partial charge in [0.1, 0.15) is 0 Å². The van der Waals surface area contributed by atoms with Crippen LogP contribution in [0.25, 0.3) is 6.08 Å². The SMILES string of the molecule is C=CC(=O)NC(C)(CS(=O)(=O)O)C(C=CC#N)(C=CC(=O)O)C=Cc1ccccc1. The summed E-state index contributed by atoms with van der Waals surface area (Å²) in [7, 11) is -4.65. The number of nitrogens with one attached hydrogen (secondary N) is 1. The van der Waals surface area contributed by atoms with Crippen LogP contribution in [0.4, 0.5) is 0 Å². The summed E-state index contributed by atoms with van der Waals surface area (Å²) in [5.41, 5.74) is -2.73. The summed E-state index contributed by atoms with van der Waals surface area (Å²) >= 11 is 0. The lowest BCUT2D eigenvalue weighted by Gasteiger charge is -2.43. The average molecular weight is 430 g/mol. The zero-order valence-electron chi connectivity index (χ0n) is 16.2. The third-order valence-corrected chi connectivity index (χ3v) is 5.24. The van der Waals surface area contributed by atoms with Crippen LogP contribution in [-0.4, -0.2) is 41.2 Å². The number of carboxylic acids is 1. The molecule has 0 heterocycles. The molecule has 3 N–H and O–H groups in total. The minimum atomic E-state index is -4.65. The lowest BCUT2D eigenvalue weighted by atomic mass is 9.69. The molecule has 0 aromatic heterocycles. The van der Waals surface area contributed by atoms with Crippen molar-refractivity contribution in [2.75, 3.05) is 5.75 Å². The van der Waals surface area contributed by atoms with E-state index in [4.69, 9.17) is 10.4 Å². The highest BCUT2D eigenvalue weighted by Gasteiger charge is 2.47. The summed E-state index contributed by atoms with van der Waals surface area (Å²) in [4.78, 5) is 23.3. The number of hydrogen-bond donors (Lipinski definition) is 3. The van der Waals surface area contributed by atoms with Crippen molar-refractivity contribution in [3.05, 3.63) is 78.9 Å². The molecule has 0 fully saturated rings. The molecule has 8 nitrogen and oxygen atoms in total. The van der Waals surface area contributed by atoms with Crippen LogP contribution in [-0.2, 0) is 19.7 Å². The predicted molar refractivity (Wildman–Crippen MR) is 113 cm³/mol. The third kappa shape index (κ3) is 7.16. The molecule has 0 aliphatic rings. The van der Waals surface area contributed by atoms with E-state index in [0.29, 0.717) is 5.56 Å². The molecule has 0 radical (unpaired) electrons. The van der Waals surface area contributed by atoms with Gasteiger partial charge in [-0.15, -0.1) is 0 Å². The number of nitrogens with zero attached hydrogens (tertiary/aromatic N) is 1. The topological polar surface area (TPSA) is 145 Å². The Kier molecular flexibility index (Phi) is 8.46. The van der Waals surface area contributed by atoms with E-state index >= 15 is 0 Å². The van der Waals surface area contributed by atoms with E-state index < -0.39 is 38.7 Å². The van der Waals surface area contributed by atoms with Gasteiger partial charge in [-0.3, -0.25) is 9.35 Å². The second-order valence-electron chi connectivity index (χ2n) is 6.56. The fourth-order valence-corrected chi connectivity index (χ4v) is 3.91. The quantitative estimate of drug-likeness (QED) is 0.293. The Hall–Kier alpha value is -3.48. The average Bonchev–Trinajstić information content (AvgIpc) is 2.66. The summed E-state index contributed by atoms with van der Waals surface area (Å²) in [6, 6.07) is 10.6. The molecule has 1 aromatic carbocycles. The lowest BCUT2D eigenvalue weighted by molar-refractivity contribution is -0.131. The molecule has 0 bridgehead atoms. The molecular weight excluding hydrogens is 408 g/mol. The molecule has 0 spiro atoms. The van der Waals surface area contributed by atoms with Crippen LogP contribution < -0.4 is 5.32 Å². The number of carboxylic acid groups (broad SMARTS) is 1. The van der Waals surface area contributed by atoms with E-state index in [2.05, 4.69) is 11.9 Å². The number of carbonyl (C=O) groups is 2. The molecule has 0 aliphatic heterocycles. The van der Waals surface area contributed by atoms with Crippen LogP contribution >= 0.6 is 0 Å². The van der Waals surface area contributed by atoms with Gasteiger partial charge in [0.25, 0.3) is 10.1 Å². The van der Waals surface area contributed by atoms with E-state index in [1.807, 2.05) is 0 Å². The first-order valence-electron chi connectivity index (χ1n) is 8.60. The minimum absolute atomic E-state index is 0.695. The van der Waals surface area contributed by atoms with Crippen molar-refractivity contribution in [3.8, 4) is 6.07 Å². The van der Waals surface area contributed by atoms with Gasteiger partial charge in [-0.1, -0.05) is 61.2 Å². The smallest absolute Gasteiger partial charge is 0.328 e. The molecule has 30 heavy (non-hydrogen) atoms. The number of hydrogen-bond acceptors (Lipinski definition) is 5. The van der Waals surface area contributed by atoms with Crippen molar-refractivity contribution in [2.24, 2.45) is 5.41 Å². The Balaban J connectivity index is 3.84. The van der Waals surface area contributed by atoms with Crippen molar-refractivity contribution in [1.82, 2.24) is 5.32 Å². The molecule has 2 unspecified atom stereocenters. The molecule has 0 aliphatic carbocycles. The van der Waals surface area contributed by atoms with Gasteiger partial charge in [0, 0.05) is 12.2 Å². The minimum Gasteiger partial charge on any atom is -0.478 e. The van der Waals surface area contributed by atoms with Crippen LogP contribution in [0, 0.1) is 16.7 Å². The van der Waals surface area contributed by atoms with E-state index in [-0.39, 0.29) is 0 Å². The molecule has 1 rings (SSSR count). The summed E-state index contributed by atoms with van der Waals surface area (Å²) in [5, 5.41) is 20.6. The normalized spacial score (nSPS) is 16.0. The number of benzene rings is 1. The molecule has 9 heteroatoms. The molecule has 0 saturated carbocycles. The number of nitriles is 1. The molecule has 1 aromatic rings. The van der Waals surface area contributed by atoms with E-state index in [1.165, 1.54) is 19.1 Å². The van der Waals surface area contributed by atoms with Crippen molar-refractivity contribution in [3.63, 3.8) is 0 Å². The number of allylic oxidation sites excluding steroid dienone is 1. The van der Waals surface area contributed by atoms with E-state index in [9.17, 15) is 22.6 Å². The summed E-state index contributed by atoms with van der Waals surface area (Å²) in [6.07, 6.45) is 8.12. The maximum Gasteiger partial charge on any atom is 0.328 e. The van der Waals surface area contributed by atoms with Crippen molar-refractivity contribution in [2.45, 2.75) is 12.5 Å². The van der Waals surface area contributed by atoms with Crippen LogP contribution in [0.2, 0.25) is 0 Å². The highest BCUT2D eigenvalue weighted by Crippen LogP contribution is 2.39. The molecule has 2 atom stereocenters. The summed E-state index contributed by atoms with van der Waals surface area (Å²) in [5.74, 6) is -3.06. The van der Waals surface area contributed by atoms with Gasteiger partial charge >= 0.3 is 5.97 Å². The van der Waals surface area contributed by atoms with Gasteiger partial charge in [-0.2, -0.15) is 13.7 Å². The maximum absolute atomic E-state index is 12.1. The monoisotopic (exact) mass is 430 g/mol. The Morgan fingerprint density at radius 2 is 1.87 bits per heavy atom. The largest absolute Gasteiger partial charge is 0.478 e. The Morgan fingerprint density at radius 3 is 2.37 bits per heavy atom. The summed E-state index contributed by atoms with van der Waals surface area (Å²) < 4.78 is 33.1. The number of rotatable bonds is 10. The van der Waals surface area contributed by atoms with Gasteiger partial charge in [0.2, 0.25) is 5.91 Å². The zero-order chi connectivity index (χ0) is 22.8. The lowest BCUT2D eigenvalue weighted by Crippen LogP contribution is -2.59. The van der Waals surface area contributed by atoms with Crippen LogP contribution in [0.3, 0.4) is 0 Å². The zero-order valence-corrected chi connectivity index (χ0v) is 17.0. The molecule has 158 valence electrons. The standard InChI is InChI=1S/C21H22N2O6S/c1-3-18(24)23-20(2,16-30(27,28)29)21(12-7-15-22,14-11-19(25)26)13-10-17-8-5-4-6-9-17/h3-14H,1,16H2,2H3,(H,23,24)(H,25,26)(H,27,28,29).